The number of esters is 1. The molecule has 0 bridgehead atoms. The van der Waals surface area contributed by atoms with Gasteiger partial charge in [0.05, 0.1) is 31.4 Å². The number of hydrogen-bond donors (Lipinski definition) is 1. The van der Waals surface area contributed by atoms with Gasteiger partial charge in [0.1, 0.15) is 12.4 Å². The van der Waals surface area contributed by atoms with Crippen LogP contribution in [0.15, 0.2) is 60.2 Å². The Labute approximate surface area is 221 Å². The zero-order valence-corrected chi connectivity index (χ0v) is 23.7. The Morgan fingerprint density at radius 1 is 1.03 bits per heavy atom. The van der Waals surface area contributed by atoms with Gasteiger partial charge in [-0.25, -0.2) is 9.59 Å². The van der Waals surface area contributed by atoms with Crippen molar-refractivity contribution in [2.24, 2.45) is 0 Å². The number of carbonyl (C=O) groups excluding carboxylic acids is 2. The van der Waals surface area contributed by atoms with Crippen LogP contribution in [-0.4, -0.2) is 56.2 Å². The predicted octanol–water partition coefficient (Wildman–Crippen LogP) is 6.14. The fourth-order valence-electron chi connectivity index (χ4n) is 3.91. The summed E-state index contributed by atoms with van der Waals surface area (Å²) in [6, 6.07) is 15.9. The van der Waals surface area contributed by atoms with Gasteiger partial charge >= 0.3 is 12.1 Å². The Bertz CT molecular complexity index is 1110. The molecule has 1 aliphatic heterocycles. The molecule has 8 heteroatoms. The Kier molecular flexibility index (Phi) is 9.20. The molecule has 1 amide bonds. The highest BCUT2D eigenvalue weighted by Crippen LogP contribution is 2.38. The van der Waals surface area contributed by atoms with Crippen LogP contribution in [0.3, 0.4) is 0 Å². The third kappa shape index (κ3) is 7.23. The minimum absolute atomic E-state index is 0.00599. The number of ether oxygens (including phenoxy) is 2. The highest BCUT2D eigenvalue weighted by molar-refractivity contribution is 6.74. The topological polar surface area (TPSA) is 85.3 Å². The monoisotopic (exact) mass is 525 g/mol. The number of aromatic hydroxyl groups is 1. The first-order valence-corrected chi connectivity index (χ1v) is 15.6. The van der Waals surface area contributed by atoms with E-state index in [0.29, 0.717) is 18.6 Å². The Morgan fingerprint density at radius 3 is 2.27 bits per heavy atom. The molecule has 0 aromatic heterocycles. The van der Waals surface area contributed by atoms with Crippen molar-refractivity contribution in [2.45, 2.75) is 64.9 Å². The lowest BCUT2D eigenvalue weighted by molar-refractivity contribution is -0.138. The number of carbonyl (C=O) groups is 2. The largest absolute Gasteiger partial charge is 0.508 e. The molecule has 37 heavy (non-hydrogen) atoms. The van der Waals surface area contributed by atoms with Crippen LogP contribution in [0.5, 0.6) is 5.75 Å². The van der Waals surface area contributed by atoms with Crippen molar-refractivity contribution in [3.8, 4) is 5.75 Å². The molecule has 3 rings (SSSR count). The summed E-state index contributed by atoms with van der Waals surface area (Å²) in [5, 5.41) is 9.80. The summed E-state index contributed by atoms with van der Waals surface area (Å²) >= 11 is 0. The number of amides is 1. The van der Waals surface area contributed by atoms with Crippen molar-refractivity contribution in [2.75, 3.05) is 19.8 Å². The molecule has 1 aliphatic rings. The third-order valence-corrected chi connectivity index (χ3v) is 11.7. The van der Waals surface area contributed by atoms with Crippen LogP contribution in [0.1, 0.15) is 45.2 Å². The van der Waals surface area contributed by atoms with Gasteiger partial charge in [-0.1, -0.05) is 63.2 Å². The van der Waals surface area contributed by atoms with E-state index >= 15 is 0 Å². The standard InChI is InChI=1S/C29H39NO6Si/c1-7-34-27(32)26-18-30(28(33)35-19-21-11-9-8-10-12-21)23(20-36-37(5,6)29(2,3)4)17-25(26)22-13-15-24(31)16-14-22/h8-16,23,31H,7,17-20H2,1-6H3. The Hall–Kier alpha value is -3.10. The molecule has 1 unspecified atom stereocenters. The lowest BCUT2D eigenvalue weighted by atomic mass is 9.89. The van der Waals surface area contributed by atoms with Gasteiger partial charge in [0, 0.05) is 0 Å². The van der Waals surface area contributed by atoms with E-state index in [9.17, 15) is 14.7 Å². The molecule has 2 aromatic rings. The maximum Gasteiger partial charge on any atom is 0.410 e. The fourth-order valence-corrected chi connectivity index (χ4v) is 4.95. The normalized spacial score (nSPS) is 16.5. The molecule has 0 saturated heterocycles. The van der Waals surface area contributed by atoms with Crippen molar-refractivity contribution in [1.82, 2.24) is 4.90 Å². The van der Waals surface area contributed by atoms with Crippen LogP contribution in [0.4, 0.5) is 4.79 Å². The summed E-state index contributed by atoms with van der Waals surface area (Å²) in [7, 11) is -2.10. The van der Waals surface area contributed by atoms with Gasteiger partial charge in [0.25, 0.3) is 0 Å². The average Bonchev–Trinajstić information content (AvgIpc) is 2.86. The van der Waals surface area contributed by atoms with Crippen LogP contribution in [0, 0.1) is 0 Å². The third-order valence-electron chi connectivity index (χ3n) is 7.19. The summed E-state index contributed by atoms with van der Waals surface area (Å²) in [6.07, 6.45) is -0.104. The molecule has 7 nitrogen and oxygen atoms in total. The predicted molar refractivity (Wildman–Crippen MR) is 147 cm³/mol. The van der Waals surface area contributed by atoms with Crippen molar-refractivity contribution in [3.05, 3.63) is 71.3 Å². The van der Waals surface area contributed by atoms with Crippen LogP contribution in [-0.2, 0) is 25.3 Å². The second-order valence-electron chi connectivity index (χ2n) is 10.8. The van der Waals surface area contributed by atoms with E-state index in [1.54, 1.807) is 36.1 Å². The lowest BCUT2D eigenvalue weighted by Crippen LogP contribution is -2.51. The zero-order valence-electron chi connectivity index (χ0n) is 22.7. The minimum atomic E-state index is -2.10. The van der Waals surface area contributed by atoms with Gasteiger partial charge in [0.2, 0.25) is 0 Å². The fraction of sp³-hybridized carbons (Fsp3) is 0.448. The van der Waals surface area contributed by atoms with Crippen molar-refractivity contribution in [1.29, 1.82) is 0 Å². The second-order valence-corrected chi connectivity index (χ2v) is 15.6. The molecule has 0 aliphatic carbocycles. The van der Waals surface area contributed by atoms with E-state index in [4.69, 9.17) is 13.9 Å². The summed E-state index contributed by atoms with van der Waals surface area (Å²) in [5.74, 6) is -0.322. The SMILES string of the molecule is CCOC(=O)C1=C(c2ccc(O)cc2)CC(CO[Si](C)(C)C(C)(C)C)N(C(=O)OCc2ccccc2)C1. The molecule has 1 heterocycles. The van der Waals surface area contributed by atoms with Gasteiger partial charge in [-0.3, -0.25) is 4.90 Å². The molecule has 1 N–H and O–H groups in total. The number of hydrogen-bond acceptors (Lipinski definition) is 6. The average molecular weight is 526 g/mol. The molecular formula is C29H39NO6Si. The Morgan fingerprint density at radius 2 is 1.68 bits per heavy atom. The lowest BCUT2D eigenvalue weighted by Gasteiger charge is -2.41. The number of benzene rings is 2. The van der Waals surface area contributed by atoms with E-state index < -0.39 is 20.4 Å². The van der Waals surface area contributed by atoms with E-state index in [1.807, 2.05) is 30.3 Å². The first kappa shape index (κ1) is 28.5. The van der Waals surface area contributed by atoms with E-state index in [1.165, 1.54) is 0 Å². The van der Waals surface area contributed by atoms with Crippen LogP contribution >= 0.6 is 0 Å². The molecular weight excluding hydrogens is 486 g/mol. The van der Waals surface area contributed by atoms with Gasteiger partial charge in [-0.05, 0) is 60.3 Å². The van der Waals surface area contributed by atoms with Crippen LogP contribution in [0.25, 0.3) is 5.57 Å². The first-order valence-electron chi connectivity index (χ1n) is 12.7. The van der Waals surface area contributed by atoms with Crippen molar-refractivity contribution in [3.63, 3.8) is 0 Å². The molecule has 0 fully saturated rings. The summed E-state index contributed by atoms with van der Waals surface area (Å²) in [5.41, 5.74) is 2.88. The Balaban J connectivity index is 1.95. The van der Waals surface area contributed by atoms with E-state index in [2.05, 4.69) is 33.9 Å². The van der Waals surface area contributed by atoms with Gasteiger partial charge < -0.3 is 19.0 Å². The van der Waals surface area contributed by atoms with E-state index in [-0.39, 0.29) is 36.6 Å². The summed E-state index contributed by atoms with van der Waals surface area (Å²) < 4.78 is 17.6. The van der Waals surface area contributed by atoms with Crippen LogP contribution < -0.4 is 0 Å². The smallest absolute Gasteiger partial charge is 0.410 e. The van der Waals surface area contributed by atoms with Crippen LogP contribution in [0.2, 0.25) is 18.1 Å². The van der Waals surface area contributed by atoms with Gasteiger partial charge in [-0.15, -0.1) is 0 Å². The highest BCUT2D eigenvalue weighted by atomic mass is 28.4. The molecule has 1 atom stereocenters. The highest BCUT2D eigenvalue weighted by Gasteiger charge is 2.41. The first-order chi connectivity index (χ1) is 17.4. The molecule has 2 aromatic carbocycles. The molecule has 0 saturated carbocycles. The molecule has 200 valence electrons. The zero-order chi connectivity index (χ0) is 27.2. The van der Waals surface area contributed by atoms with Crippen molar-refractivity contribution < 1.29 is 28.6 Å². The summed E-state index contributed by atoms with van der Waals surface area (Å²) in [6.45, 7) is 13.4. The quantitative estimate of drug-likeness (QED) is 0.329. The number of phenols is 1. The summed E-state index contributed by atoms with van der Waals surface area (Å²) in [4.78, 5) is 28.0. The van der Waals surface area contributed by atoms with Gasteiger partial charge in [0.15, 0.2) is 8.32 Å². The molecule has 0 spiro atoms. The number of phenolic OH excluding ortho intramolecular Hbond substituents is 1. The number of rotatable bonds is 8. The maximum atomic E-state index is 13.4. The minimum Gasteiger partial charge on any atom is -0.508 e. The van der Waals surface area contributed by atoms with Crippen molar-refractivity contribution >= 4 is 26.0 Å². The second kappa shape index (κ2) is 12.0. The molecule has 0 radical (unpaired) electrons. The maximum absolute atomic E-state index is 13.4. The van der Waals surface area contributed by atoms with Gasteiger partial charge in [-0.2, -0.15) is 0 Å². The number of nitrogens with zero attached hydrogens (tertiary/aromatic N) is 1. The van der Waals surface area contributed by atoms with E-state index in [0.717, 1.165) is 16.7 Å².